The maximum Gasteiger partial charge on any atom is 0.508 e. The Bertz CT molecular complexity index is 1030. The van der Waals surface area contributed by atoms with Crippen molar-refractivity contribution in [3.8, 4) is 12.3 Å². The number of ether oxygens (including phenoxy) is 3. The van der Waals surface area contributed by atoms with Crippen molar-refractivity contribution in [1.82, 2.24) is 19.5 Å². The molecule has 0 aromatic carbocycles. The van der Waals surface area contributed by atoms with Gasteiger partial charge in [-0.05, 0) is 32.1 Å². The smallest absolute Gasteiger partial charge is 0.434 e. The highest BCUT2D eigenvalue weighted by Gasteiger charge is 2.42. The van der Waals surface area contributed by atoms with Gasteiger partial charge in [-0.25, -0.2) is 19.7 Å². The molecule has 1 aliphatic rings. The summed E-state index contributed by atoms with van der Waals surface area (Å²) in [5.74, 6) is 2.94. The lowest BCUT2D eigenvalue weighted by Crippen LogP contribution is -2.35. The molecule has 3 unspecified atom stereocenters. The standard InChI is InChI=1S/C22H30N5O4P/c1-5-10-21(6-2,7-3)12-29-20(28)30-13-22(8-4)11-9-15(31-22)27-14-24-16-17(23)25-19(32)26-18(16)27/h4-5,14-15H,1,6-7,9-13,32H2,2-3H3,(H2,23,25,26). The third-order valence-corrected chi connectivity index (χ3v) is 6.45. The number of fused-ring (bicyclic) bond motifs is 1. The SMILES string of the molecule is C#CC1(COC(=O)OCC(CC)(CC)CC=C)CCC(n2cnc3c(N)nc(P)nc32)O1. The molecule has 172 valence electrons. The normalized spacial score (nSPS) is 20.8. The van der Waals surface area contributed by atoms with Gasteiger partial charge >= 0.3 is 6.16 Å². The van der Waals surface area contributed by atoms with Gasteiger partial charge in [0, 0.05) is 5.41 Å². The molecule has 3 heterocycles. The zero-order chi connectivity index (χ0) is 23.4. The van der Waals surface area contributed by atoms with E-state index in [9.17, 15) is 4.79 Å². The van der Waals surface area contributed by atoms with Crippen molar-refractivity contribution in [1.29, 1.82) is 0 Å². The summed E-state index contributed by atoms with van der Waals surface area (Å²) in [7, 11) is 2.42. The fraction of sp³-hybridized carbons (Fsp3) is 0.545. The number of carbonyl (C=O) groups is 1. The average Bonchev–Trinajstić information content (AvgIpc) is 3.40. The van der Waals surface area contributed by atoms with E-state index in [0.29, 0.717) is 29.6 Å². The van der Waals surface area contributed by atoms with Crippen LogP contribution in [0.25, 0.3) is 11.2 Å². The molecule has 32 heavy (non-hydrogen) atoms. The molecule has 9 nitrogen and oxygen atoms in total. The van der Waals surface area contributed by atoms with Crippen LogP contribution in [0.15, 0.2) is 19.0 Å². The van der Waals surface area contributed by atoms with Crippen LogP contribution in [0.5, 0.6) is 0 Å². The zero-order valence-corrected chi connectivity index (χ0v) is 19.7. The quantitative estimate of drug-likeness (QED) is 0.263. The number of imidazole rings is 1. The molecular formula is C22H30N5O4P. The van der Waals surface area contributed by atoms with Gasteiger partial charge in [-0.2, -0.15) is 0 Å². The minimum absolute atomic E-state index is 0.107. The summed E-state index contributed by atoms with van der Waals surface area (Å²) in [5.41, 5.74) is 6.24. The number of nitrogens with zero attached hydrogens (tertiary/aromatic N) is 4. The molecule has 10 heteroatoms. The number of nitrogen functional groups attached to an aromatic ring is 1. The monoisotopic (exact) mass is 459 g/mol. The molecule has 0 bridgehead atoms. The second-order valence-electron chi connectivity index (χ2n) is 8.07. The van der Waals surface area contributed by atoms with Gasteiger partial charge in [0.2, 0.25) is 0 Å². The van der Waals surface area contributed by atoms with Gasteiger partial charge in [0.25, 0.3) is 0 Å². The zero-order valence-electron chi connectivity index (χ0n) is 18.5. The fourth-order valence-corrected chi connectivity index (χ4v) is 4.15. The lowest BCUT2D eigenvalue weighted by molar-refractivity contribution is -0.0761. The van der Waals surface area contributed by atoms with Crippen LogP contribution in [0.4, 0.5) is 10.6 Å². The molecule has 3 atom stereocenters. The molecule has 0 aliphatic carbocycles. The number of aromatic nitrogens is 4. The minimum Gasteiger partial charge on any atom is -0.434 e. The van der Waals surface area contributed by atoms with Gasteiger partial charge in [0.05, 0.1) is 6.33 Å². The van der Waals surface area contributed by atoms with Gasteiger partial charge in [-0.3, -0.25) is 4.57 Å². The summed E-state index contributed by atoms with van der Waals surface area (Å²) < 4.78 is 18.6. The Morgan fingerprint density at radius 1 is 1.50 bits per heavy atom. The first-order valence-electron chi connectivity index (χ1n) is 10.6. The molecule has 2 N–H and O–H groups in total. The Morgan fingerprint density at radius 2 is 2.25 bits per heavy atom. The van der Waals surface area contributed by atoms with E-state index in [4.69, 9.17) is 26.4 Å². The number of hydrogen-bond donors (Lipinski definition) is 1. The summed E-state index contributed by atoms with van der Waals surface area (Å²) >= 11 is 0. The Morgan fingerprint density at radius 3 is 2.91 bits per heavy atom. The van der Waals surface area contributed by atoms with Gasteiger partial charge in [0.1, 0.15) is 30.5 Å². The average molecular weight is 459 g/mol. The first kappa shape index (κ1) is 24.0. The van der Waals surface area contributed by atoms with Crippen molar-refractivity contribution < 1.29 is 19.0 Å². The van der Waals surface area contributed by atoms with Crippen molar-refractivity contribution >= 4 is 37.9 Å². The predicted octanol–water partition coefficient (Wildman–Crippen LogP) is 3.13. The maximum absolute atomic E-state index is 12.3. The summed E-state index contributed by atoms with van der Waals surface area (Å²) in [5, 5.41) is 0. The number of nitrogens with two attached hydrogens (primary N) is 1. The van der Waals surface area contributed by atoms with Crippen LogP contribution >= 0.6 is 9.24 Å². The van der Waals surface area contributed by atoms with Crippen LogP contribution < -0.4 is 11.3 Å². The van der Waals surface area contributed by atoms with Crippen LogP contribution in [0.1, 0.15) is 52.2 Å². The molecule has 0 amide bonds. The summed E-state index contributed by atoms with van der Waals surface area (Å²) in [6, 6.07) is 0. The molecular weight excluding hydrogens is 429 g/mol. The molecule has 0 radical (unpaired) electrons. The van der Waals surface area contributed by atoms with Crippen molar-refractivity contribution in [2.45, 2.75) is 57.8 Å². The number of hydrogen-bond acceptors (Lipinski definition) is 8. The van der Waals surface area contributed by atoms with Gasteiger partial charge in [-0.1, -0.05) is 35.1 Å². The van der Waals surface area contributed by atoms with Gasteiger partial charge < -0.3 is 19.9 Å². The Balaban J connectivity index is 1.63. The highest BCUT2D eigenvalue weighted by Crippen LogP contribution is 2.38. The van der Waals surface area contributed by atoms with Crippen molar-refractivity contribution in [2.75, 3.05) is 18.9 Å². The van der Waals surface area contributed by atoms with E-state index in [0.717, 1.165) is 19.3 Å². The predicted molar refractivity (Wildman–Crippen MR) is 125 cm³/mol. The number of rotatable bonds is 9. The van der Waals surface area contributed by atoms with E-state index in [1.54, 1.807) is 10.9 Å². The first-order chi connectivity index (χ1) is 15.3. The molecule has 1 saturated heterocycles. The van der Waals surface area contributed by atoms with Crippen molar-refractivity contribution in [3.05, 3.63) is 19.0 Å². The number of anilines is 1. The summed E-state index contributed by atoms with van der Waals surface area (Å²) in [6.07, 6.45) is 11.6. The second kappa shape index (κ2) is 9.85. The van der Waals surface area contributed by atoms with Crippen LogP contribution in [-0.2, 0) is 14.2 Å². The van der Waals surface area contributed by atoms with E-state index < -0.39 is 18.0 Å². The number of terminal acetylenes is 1. The highest BCUT2D eigenvalue weighted by molar-refractivity contribution is 7.26. The van der Waals surface area contributed by atoms with Gasteiger partial charge in [-0.15, -0.1) is 13.0 Å². The third-order valence-electron chi connectivity index (χ3n) is 6.19. The van der Waals surface area contributed by atoms with E-state index in [1.165, 1.54) is 0 Å². The van der Waals surface area contributed by atoms with Crippen LogP contribution in [0.2, 0.25) is 0 Å². The van der Waals surface area contributed by atoms with E-state index in [2.05, 4.69) is 50.5 Å². The molecule has 1 aliphatic heterocycles. The van der Waals surface area contributed by atoms with E-state index in [1.807, 2.05) is 6.08 Å². The number of allylic oxidation sites excluding steroid dienone is 1. The van der Waals surface area contributed by atoms with Crippen LogP contribution in [-0.4, -0.2) is 44.5 Å². The second-order valence-corrected chi connectivity index (χ2v) is 8.58. The molecule has 2 aromatic heterocycles. The van der Waals surface area contributed by atoms with E-state index >= 15 is 0 Å². The minimum atomic E-state index is -1.06. The molecule has 0 spiro atoms. The Labute approximate surface area is 190 Å². The lowest BCUT2D eigenvalue weighted by Gasteiger charge is -2.30. The Hall–Kier alpha value is -2.69. The largest absolute Gasteiger partial charge is 0.508 e. The van der Waals surface area contributed by atoms with Crippen molar-refractivity contribution in [3.63, 3.8) is 0 Å². The third kappa shape index (κ3) is 4.87. The molecule has 2 aromatic rings. The maximum atomic E-state index is 12.3. The van der Waals surface area contributed by atoms with E-state index in [-0.39, 0.29) is 24.4 Å². The molecule has 1 fully saturated rings. The highest BCUT2D eigenvalue weighted by atomic mass is 31.0. The first-order valence-corrected chi connectivity index (χ1v) is 11.2. The lowest BCUT2D eigenvalue weighted by atomic mass is 9.80. The Kier molecular flexibility index (Phi) is 7.37. The number of carbonyl (C=O) groups excluding carboxylic acids is 1. The van der Waals surface area contributed by atoms with Gasteiger partial charge in [0.15, 0.2) is 17.1 Å². The van der Waals surface area contributed by atoms with Crippen molar-refractivity contribution in [2.24, 2.45) is 5.41 Å². The van der Waals surface area contributed by atoms with Crippen LogP contribution in [0, 0.1) is 17.8 Å². The summed E-state index contributed by atoms with van der Waals surface area (Å²) in [6.45, 7) is 8.09. The molecule has 0 saturated carbocycles. The fourth-order valence-electron chi connectivity index (χ4n) is 3.89. The molecule has 3 rings (SSSR count). The van der Waals surface area contributed by atoms with Crippen LogP contribution in [0.3, 0.4) is 0 Å². The summed E-state index contributed by atoms with van der Waals surface area (Å²) in [4.78, 5) is 25.0. The topological polar surface area (TPSA) is 114 Å².